The van der Waals surface area contributed by atoms with Gasteiger partial charge in [0, 0.05) is 18.9 Å². The van der Waals surface area contributed by atoms with Crippen LogP contribution in [-0.4, -0.2) is 38.0 Å². The van der Waals surface area contributed by atoms with Gasteiger partial charge in [-0.3, -0.25) is 9.78 Å². The fraction of sp³-hybridized carbons (Fsp3) is 0.450. The Hall–Kier alpha value is -2.27. The first kappa shape index (κ1) is 17.5. The Morgan fingerprint density at radius 3 is 2.48 bits per heavy atom. The van der Waals surface area contributed by atoms with E-state index in [-0.39, 0.29) is 17.6 Å². The predicted molar refractivity (Wildman–Crippen MR) is 96.0 cm³/mol. The van der Waals surface area contributed by atoms with Crippen molar-refractivity contribution >= 4 is 5.91 Å². The first-order valence-corrected chi connectivity index (χ1v) is 8.60. The van der Waals surface area contributed by atoms with E-state index in [1.807, 2.05) is 49.1 Å². The summed E-state index contributed by atoms with van der Waals surface area (Å²) in [6.45, 7) is 8.76. The summed E-state index contributed by atoms with van der Waals surface area (Å²) < 4.78 is 6.22. The van der Waals surface area contributed by atoms with E-state index in [9.17, 15) is 4.79 Å². The van der Waals surface area contributed by atoms with Gasteiger partial charge in [0.15, 0.2) is 0 Å². The van der Waals surface area contributed by atoms with E-state index < -0.39 is 5.60 Å². The van der Waals surface area contributed by atoms with Crippen molar-refractivity contribution in [3.05, 3.63) is 60.2 Å². The van der Waals surface area contributed by atoms with Crippen LogP contribution in [0.25, 0.3) is 0 Å². The number of carbonyl (C=O) groups excluding carboxylic acids is 1. The smallest absolute Gasteiger partial charge is 0.274 e. The van der Waals surface area contributed by atoms with Gasteiger partial charge in [-0.15, -0.1) is 0 Å². The minimum atomic E-state index is -0.434. The molecule has 1 aromatic carbocycles. The van der Waals surface area contributed by atoms with Gasteiger partial charge in [-0.1, -0.05) is 30.3 Å². The Labute approximate surface area is 149 Å². The molecular weight excluding hydrogens is 314 g/mol. The van der Waals surface area contributed by atoms with Crippen molar-refractivity contribution in [2.45, 2.75) is 57.9 Å². The van der Waals surface area contributed by atoms with Crippen molar-refractivity contribution in [1.82, 2.24) is 14.9 Å². The number of hydrogen-bond donors (Lipinski definition) is 0. The summed E-state index contributed by atoms with van der Waals surface area (Å²) in [5.74, 6) is -0.115. The SMILES string of the molecule is CC1(C)C[C@H](N(Cc2ccccc2)C(=O)c2cnccn2)C(C)(C)O1. The Balaban J connectivity index is 1.96. The van der Waals surface area contributed by atoms with E-state index in [2.05, 4.69) is 23.8 Å². The van der Waals surface area contributed by atoms with Crippen LogP contribution in [0.1, 0.15) is 50.2 Å². The van der Waals surface area contributed by atoms with Crippen molar-refractivity contribution < 1.29 is 9.53 Å². The third-order valence-electron chi connectivity index (χ3n) is 4.64. The number of nitrogens with zero attached hydrogens (tertiary/aromatic N) is 3. The molecule has 0 saturated carbocycles. The van der Waals surface area contributed by atoms with Crippen LogP contribution >= 0.6 is 0 Å². The maximum atomic E-state index is 13.2. The van der Waals surface area contributed by atoms with Crippen LogP contribution in [0, 0.1) is 0 Å². The molecule has 1 aliphatic rings. The first-order chi connectivity index (χ1) is 11.8. The number of rotatable bonds is 4. The standard InChI is InChI=1S/C20H25N3O2/c1-19(2)12-17(20(3,4)25-19)23(14-15-8-6-5-7-9-15)18(24)16-13-21-10-11-22-16/h5-11,13,17H,12,14H2,1-4H3/t17-/m0/s1. The Kier molecular flexibility index (Phi) is 4.60. The number of amides is 1. The molecular formula is C20H25N3O2. The van der Waals surface area contributed by atoms with Crippen molar-refractivity contribution in [2.75, 3.05) is 0 Å². The molecule has 132 valence electrons. The second-order valence-corrected chi connectivity index (χ2v) is 7.69. The molecule has 2 heterocycles. The summed E-state index contributed by atoms with van der Waals surface area (Å²) in [5.41, 5.74) is 0.737. The van der Waals surface area contributed by atoms with Crippen LogP contribution in [0.3, 0.4) is 0 Å². The van der Waals surface area contributed by atoms with Crippen molar-refractivity contribution in [3.63, 3.8) is 0 Å². The molecule has 1 fully saturated rings. The van der Waals surface area contributed by atoms with Gasteiger partial charge in [-0.25, -0.2) is 4.98 Å². The number of benzene rings is 1. The molecule has 0 spiro atoms. The summed E-state index contributed by atoms with van der Waals surface area (Å²) in [6.07, 6.45) is 5.42. The second-order valence-electron chi connectivity index (χ2n) is 7.69. The van der Waals surface area contributed by atoms with Crippen LogP contribution in [0.5, 0.6) is 0 Å². The maximum absolute atomic E-state index is 13.2. The van der Waals surface area contributed by atoms with Gasteiger partial charge in [0.05, 0.1) is 23.4 Å². The Morgan fingerprint density at radius 1 is 1.20 bits per heavy atom. The first-order valence-electron chi connectivity index (χ1n) is 8.60. The quantitative estimate of drug-likeness (QED) is 0.856. The molecule has 0 aliphatic carbocycles. The molecule has 1 atom stereocenters. The highest BCUT2D eigenvalue weighted by molar-refractivity contribution is 5.92. The van der Waals surface area contributed by atoms with Crippen molar-refractivity contribution in [3.8, 4) is 0 Å². The number of aromatic nitrogens is 2. The average molecular weight is 339 g/mol. The van der Waals surface area contributed by atoms with Crippen LogP contribution in [0.4, 0.5) is 0 Å². The zero-order valence-corrected chi connectivity index (χ0v) is 15.3. The zero-order chi connectivity index (χ0) is 18.1. The van der Waals surface area contributed by atoms with Crippen molar-refractivity contribution in [2.24, 2.45) is 0 Å². The highest BCUT2D eigenvalue weighted by Gasteiger charge is 2.49. The molecule has 2 aromatic rings. The van der Waals surface area contributed by atoms with E-state index in [0.29, 0.717) is 12.2 Å². The van der Waals surface area contributed by atoms with Gasteiger partial charge in [0.2, 0.25) is 0 Å². The molecule has 1 amide bonds. The summed E-state index contributed by atoms with van der Waals surface area (Å²) in [4.78, 5) is 23.3. The Morgan fingerprint density at radius 2 is 1.92 bits per heavy atom. The fourth-order valence-electron chi connectivity index (χ4n) is 3.68. The molecule has 0 bridgehead atoms. The lowest BCUT2D eigenvalue weighted by molar-refractivity contribution is -0.0785. The average Bonchev–Trinajstić information content (AvgIpc) is 2.81. The minimum absolute atomic E-state index is 0.0442. The zero-order valence-electron chi connectivity index (χ0n) is 15.3. The van der Waals surface area contributed by atoms with Gasteiger partial charge in [-0.2, -0.15) is 0 Å². The van der Waals surface area contributed by atoms with Crippen LogP contribution < -0.4 is 0 Å². The monoisotopic (exact) mass is 339 g/mol. The number of ether oxygens (including phenoxy) is 1. The van der Waals surface area contributed by atoms with E-state index in [1.165, 1.54) is 6.20 Å². The normalized spacial score (nSPS) is 21.0. The molecule has 0 unspecified atom stereocenters. The van der Waals surface area contributed by atoms with E-state index >= 15 is 0 Å². The third-order valence-corrected chi connectivity index (χ3v) is 4.64. The highest BCUT2D eigenvalue weighted by Crippen LogP contribution is 2.41. The van der Waals surface area contributed by atoms with E-state index in [4.69, 9.17) is 4.74 Å². The molecule has 25 heavy (non-hydrogen) atoms. The van der Waals surface area contributed by atoms with Gasteiger partial charge in [-0.05, 0) is 39.7 Å². The summed E-state index contributed by atoms with van der Waals surface area (Å²) in [6, 6.07) is 9.97. The highest BCUT2D eigenvalue weighted by atomic mass is 16.5. The lowest BCUT2D eigenvalue weighted by Crippen LogP contribution is -2.49. The van der Waals surface area contributed by atoms with Crippen molar-refractivity contribution in [1.29, 1.82) is 0 Å². The molecule has 1 aromatic heterocycles. The summed E-state index contributed by atoms with van der Waals surface area (Å²) in [7, 11) is 0. The van der Waals surface area contributed by atoms with Crippen LogP contribution in [0.15, 0.2) is 48.9 Å². The van der Waals surface area contributed by atoms with Gasteiger partial charge >= 0.3 is 0 Å². The lowest BCUT2D eigenvalue weighted by Gasteiger charge is -2.36. The predicted octanol–water partition coefficient (Wildman–Crippen LogP) is 3.47. The molecule has 1 saturated heterocycles. The van der Waals surface area contributed by atoms with Gasteiger partial charge < -0.3 is 9.64 Å². The van der Waals surface area contributed by atoms with E-state index in [0.717, 1.165) is 12.0 Å². The number of hydrogen-bond acceptors (Lipinski definition) is 4. The third kappa shape index (κ3) is 3.87. The maximum Gasteiger partial charge on any atom is 0.274 e. The minimum Gasteiger partial charge on any atom is -0.367 e. The molecule has 5 heteroatoms. The molecule has 0 N–H and O–H groups in total. The molecule has 1 aliphatic heterocycles. The summed E-state index contributed by atoms with van der Waals surface area (Å²) in [5, 5.41) is 0. The largest absolute Gasteiger partial charge is 0.367 e. The molecule has 5 nitrogen and oxygen atoms in total. The van der Waals surface area contributed by atoms with Gasteiger partial charge in [0.25, 0.3) is 5.91 Å². The number of carbonyl (C=O) groups is 1. The van der Waals surface area contributed by atoms with E-state index in [1.54, 1.807) is 12.4 Å². The van der Waals surface area contributed by atoms with Crippen LogP contribution in [0.2, 0.25) is 0 Å². The second kappa shape index (κ2) is 6.56. The summed E-state index contributed by atoms with van der Waals surface area (Å²) >= 11 is 0. The Bertz CT molecular complexity index is 729. The van der Waals surface area contributed by atoms with Crippen LogP contribution in [-0.2, 0) is 11.3 Å². The molecule has 0 radical (unpaired) electrons. The lowest BCUT2D eigenvalue weighted by atomic mass is 9.92. The fourth-order valence-corrected chi connectivity index (χ4v) is 3.68. The molecule has 3 rings (SSSR count). The topological polar surface area (TPSA) is 55.3 Å². The van der Waals surface area contributed by atoms with Gasteiger partial charge in [0.1, 0.15) is 5.69 Å².